The van der Waals surface area contributed by atoms with Crippen molar-refractivity contribution in [2.45, 2.75) is 13.3 Å². The van der Waals surface area contributed by atoms with E-state index in [1.807, 2.05) is 66.2 Å². The van der Waals surface area contributed by atoms with Crippen molar-refractivity contribution in [3.63, 3.8) is 0 Å². The summed E-state index contributed by atoms with van der Waals surface area (Å²) >= 11 is 3.10. The SMILES string of the molecule is Cc1cc(NC(=O)[C@@H]2CC(=O)N(c3ccccc3)C2)n(-c2nc(-c3cccs3)cs2)n1. The van der Waals surface area contributed by atoms with Gasteiger partial charge in [0, 0.05) is 30.1 Å². The van der Waals surface area contributed by atoms with Crippen LogP contribution >= 0.6 is 22.7 Å². The summed E-state index contributed by atoms with van der Waals surface area (Å²) in [7, 11) is 0. The first-order valence-electron chi connectivity index (χ1n) is 9.81. The van der Waals surface area contributed by atoms with Gasteiger partial charge in [-0.2, -0.15) is 9.78 Å². The summed E-state index contributed by atoms with van der Waals surface area (Å²) in [5.74, 6) is -0.103. The number of nitrogens with zero attached hydrogens (tertiary/aromatic N) is 4. The van der Waals surface area contributed by atoms with E-state index < -0.39 is 5.92 Å². The third-order valence-electron chi connectivity index (χ3n) is 5.09. The lowest BCUT2D eigenvalue weighted by atomic mass is 10.1. The number of rotatable bonds is 5. The van der Waals surface area contributed by atoms with E-state index in [9.17, 15) is 9.59 Å². The maximum absolute atomic E-state index is 13.0. The molecular weight excluding hydrogens is 430 g/mol. The number of anilines is 2. The molecule has 156 valence electrons. The van der Waals surface area contributed by atoms with Crippen molar-refractivity contribution in [1.82, 2.24) is 14.8 Å². The van der Waals surface area contributed by atoms with E-state index in [0.717, 1.165) is 22.0 Å². The number of thiazole rings is 1. The topological polar surface area (TPSA) is 80.1 Å². The quantitative estimate of drug-likeness (QED) is 0.491. The van der Waals surface area contributed by atoms with E-state index in [1.54, 1.807) is 20.9 Å². The van der Waals surface area contributed by atoms with Gasteiger partial charge < -0.3 is 10.2 Å². The first-order valence-corrected chi connectivity index (χ1v) is 11.6. The molecule has 0 aliphatic carbocycles. The van der Waals surface area contributed by atoms with Crippen LogP contribution in [-0.4, -0.2) is 33.1 Å². The summed E-state index contributed by atoms with van der Waals surface area (Å²) in [5.41, 5.74) is 2.48. The first-order chi connectivity index (χ1) is 15.1. The first kappa shape index (κ1) is 19.7. The van der Waals surface area contributed by atoms with Crippen LogP contribution in [-0.2, 0) is 9.59 Å². The summed E-state index contributed by atoms with van der Waals surface area (Å²) < 4.78 is 1.65. The fourth-order valence-corrected chi connectivity index (χ4v) is 5.15. The van der Waals surface area contributed by atoms with Crippen molar-refractivity contribution in [2.75, 3.05) is 16.8 Å². The molecule has 0 bridgehead atoms. The highest BCUT2D eigenvalue weighted by atomic mass is 32.1. The molecule has 3 aromatic heterocycles. The van der Waals surface area contributed by atoms with Gasteiger partial charge >= 0.3 is 0 Å². The minimum absolute atomic E-state index is 0.0449. The van der Waals surface area contributed by atoms with Crippen molar-refractivity contribution >= 4 is 46.0 Å². The third kappa shape index (κ3) is 3.89. The third-order valence-corrected chi connectivity index (χ3v) is 6.80. The molecule has 0 spiro atoms. The molecule has 9 heteroatoms. The Hall–Kier alpha value is -3.30. The predicted octanol–water partition coefficient (Wildman–Crippen LogP) is 4.36. The molecule has 4 aromatic rings. The summed E-state index contributed by atoms with van der Waals surface area (Å²) in [5, 5.41) is 12.1. The molecule has 1 saturated heterocycles. The van der Waals surface area contributed by atoms with Crippen LogP contribution in [0.2, 0.25) is 0 Å². The fourth-order valence-electron chi connectivity index (χ4n) is 3.60. The molecule has 1 aliphatic heterocycles. The van der Waals surface area contributed by atoms with Gasteiger partial charge in [-0.3, -0.25) is 9.59 Å². The maximum atomic E-state index is 13.0. The van der Waals surface area contributed by atoms with Crippen LogP contribution in [0.4, 0.5) is 11.5 Å². The molecule has 5 rings (SSSR count). The van der Waals surface area contributed by atoms with Crippen LogP contribution in [0, 0.1) is 12.8 Å². The zero-order valence-corrected chi connectivity index (χ0v) is 18.3. The van der Waals surface area contributed by atoms with Gasteiger partial charge in [0.1, 0.15) is 5.82 Å². The Bertz CT molecular complexity index is 1230. The second-order valence-electron chi connectivity index (χ2n) is 7.31. The standard InChI is InChI=1S/C22H19N5O2S2/c1-14-10-19(27(25-14)22-23-17(13-31-22)18-8-5-9-30-18)24-21(29)15-11-20(28)26(12-15)16-6-3-2-4-7-16/h2-10,13,15H,11-12H2,1H3,(H,24,29)/t15-/m1/s1. The highest BCUT2D eigenvalue weighted by molar-refractivity contribution is 7.15. The van der Waals surface area contributed by atoms with Crippen molar-refractivity contribution in [2.24, 2.45) is 5.92 Å². The number of benzene rings is 1. The smallest absolute Gasteiger partial charge is 0.230 e. The molecular formula is C22H19N5O2S2. The van der Waals surface area contributed by atoms with E-state index in [1.165, 1.54) is 11.3 Å². The lowest BCUT2D eigenvalue weighted by molar-refractivity contribution is -0.122. The number of carbonyl (C=O) groups is 2. The van der Waals surface area contributed by atoms with Gasteiger partial charge in [0.05, 0.1) is 22.2 Å². The van der Waals surface area contributed by atoms with Crippen LogP contribution in [0.1, 0.15) is 12.1 Å². The second kappa shape index (κ2) is 8.09. The summed E-state index contributed by atoms with van der Waals surface area (Å²) in [6.45, 7) is 2.23. The van der Waals surface area contributed by atoms with Gasteiger partial charge in [0.25, 0.3) is 0 Å². The molecule has 1 N–H and O–H groups in total. The van der Waals surface area contributed by atoms with Gasteiger partial charge in [0.15, 0.2) is 0 Å². The average molecular weight is 450 g/mol. The van der Waals surface area contributed by atoms with Crippen LogP contribution in [0.25, 0.3) is 15.7 Å². The molecule has 31 heavy (non-hydrogen) atoms. The number of carbonyl (C=O) groups excluding carboxylic acids is 2. The average Bonchev–Trinajstić information content (AvgIpc) is 3.55. The van der Waals surface area contributed by atoms with Crippen LogP contribution in [0.5, 0.6) is 0 Å². The van der Waals surface area contributed by atoms with Crippen LogP contribution < -0.4 is 10.2 Å². The van der Waals surface area contributed by atoms with Crippen molar-refractivity contribution < 1.29 is 9.59 Å². The van der Waals surface area contributed by atoms with E-state index in [0.29, 0.717) is 17.5 Å². The molecule has 2 amide bonds. The molecule has 1 aliphatic rings. The van der Waals surface area contributed by atoms with Gasteiger partial charge in [-0.1, -0.05) is 24.3 Å². The van der Waals surface area contributed by atoms with Gasteiger partial charge in [0.2, 0.25) is 16.9 Å². The number of aryl methyl sites for hydroxylation is 1. The number of aromatic nitrogens is 3. The lowest BCUT2D eigenvalue weighted by Crippen LogP contribution is -2.28. The Labute approximate surface area is 187 Å². The lowest BCUT2D eigenvalue weighted by Gasteiger charge is -2.16. The molecule has 0 unspecified atom stereocenters. The van der Waals surface area contributed by atoms with E-state index in [4.69, 9.17) is 0 Å². The van der Waals surface area contributed by atoms with Crippen molar-refractivity contribution in [1.29, 1.82) is 0 Å². The van der Waals surface area contributed by atoms with Crippen LogP contribution in [0.15, 0.2) is 59.3 Å². The molecule has 0 saturated carbocycles. The Kier molecular flexibility index (Phi) is 5.13. The zero-order valence-electron chi connectivity index (χ0n) is 16.7. The number of para-hydroxylation sites is 1. The van der Waals surface area contributed by atoms with Crippen molar-refractivity contribution in [3.8, 4) is 15.7 Å². The number of hydrogen-bond acceptors (Lipinski definition) is 6. The number of thiophene rings is 1. The largest absolute Gasteiger partial charge is 0.312 e. The minimum Gasteiger partial charge on any atom is -0.312 e. The summed E-state index contributed by atoms with van der Waals surface area (Å²) in [6.07, 6.45) is 0.188. The highest BCUT2D eigenvalue weighted by Crippen LogP contribution is 2.30. The summed E-state index contributed by atoms with van der Waals surface area (Å²) in [4.78, 5) is 32.9. The molecule has 0 radical (unpaired) electrons. The number of hydrogen-bond donors (Lipinski definition) is 1. The van der Waals surface area contributed by atoms with Crippen molar-refractivity contribution in [3.05, 3.63) is 65.0 Å². The maximum Gasteiger partial charge on any atom is 0.230 e. The Morgan fingerprint density at radius 2 is 2.00 bits per heavy atom. The van der Waals surface area contributed by atoms with E-state index in [-0.39, 0.29) is 18.2 Å². The number of nitrogens with one attached hydrogen (secondary N) is 1. The van der Waals surface area contributed by atoms with E-state index >= 15 is 0 Å². The number of amides is 2. The molecule has 1 atom stereocenters. The fraction of sp³-hybridized carbons (Fsp3) is 0.182. The minimum atomic E-state index is -0.422. The normalized spacial score (nSPS) is 16.1. The van der Waals surface area contributed by atoms with Gasteiger partial charge in [-0.25, -0.2) is 4.98 Å². The molecule has 7 nitrogen and oxygen atoms in total. The Morgan fingerprint density at radius 3 is 2.77 bits per heavy atom. The second-order valence-corrected chi connectivity index (χ2v) is 9.09. The zero-order chi connectivity index (χ0) is 21.4. The molecule has 4 heterocycles. The van der Waals surface area contributed by atoms with E-state index in [2.05, 4.69) is 15.4 Å². The molecule has 1 aromatic carbocycles. The van der Waals surface area contributed by atoms with Gasteiger partial charge in [-0.05, 0) is 30.5 Å². The Balaban J connectivity index is 1.34. The van der Waals surface area contributed by atoms with Crippen LogP contribution in [0.3, 0.4) is 0 Å². The van der Waals surface area contributed by atoms with Gasteiger partial charge in [-0.15, -0.1) is 22.7 Å². The highest BCUT2D eigenvalue weighted by Gasteiger charge is 2.35. The monoisotopic (exact) mass is 449 g/mol. The Morgan fingerprint density at radius 1 is 1.16 bits per heavy atom. The summed E-state index contributed by atoms with van der Waals surface area (Å²) in [6, 6.07) is 15.3. The predicted molar refractivity (Wildman–Crippen MR) is 123 cm³/mol. The molecule has 1 fully saturated rings.